The fraction of sp³-hybridized carbons (Fsp3) is 0.250. The summed E-state index contributed by atoms with van der Waals surface area (Å²) in [4.78, 5) is 29.2. The fourth-order valence-corrected chi connectivity index (χ4v) is 5.11. The smallest absolute Gasteiger partial charge is 0.412 e. The third-order valence-electron chi connectivity index (χ3n) is 6.07. The number of ether oxygens (including phenoxy) is 3. The van der Waals surface area contributed by atoms with Crippen molar-refractivity contribution < 1.29 is 32.2 Å². The largest absolute Gasteiger partial charge is 0.486 e. The third kappa shape index (κ3) is 6.80. The van der Waals surface area contributed by atoms with E-state index in [4.69, 9.17) is 25.8 Å². The molecule has 14 heteroatoms. The first-order chi connectivity index (χ1) is 20.0. The Balaban J connectivity index is 1.33. The number of halogens is 4. The predicted molar refractivity (Wildman–Crippen MR) is 153 cm³/mol. The Hall–Kier alpha value is -4.23. The molecule has 2 aromatic carbocycles. The summed E-state index contributed by atoms with van der Waals surface area (Å²) in [6, 6.07) is 7.66. The number of benzene rings is 2. The van der Waals surface area contributed by atoms with Gasteiger partial charge in [0.1, 0.15) is 35.4 Å². The van der Waals surface area contributed by atoms with E-state index in [1.165, 1.54) is 42.1 Å². The lowest BCUT2D eigenvalue weighted by molar-refractivity contribution is 0.0402. The van der Waals surface area contributed by atoms with Gasteiger partial charge >= 0.3 is 6.09 Å². The standard InChI is InChI=1S/C28H23ClF3N5O4S/c1-13(14(2)41-28(38)36-18-9-33-15(3)34-10-18)40-23-8-24-22(7-21(23)30)37-27(42-24)20-6-17(29)4-16-5-19(11-35-26(16)20)39-12-25(31)32/h4-11,13-14,25H,12H2,1-3H3,(H,36,38)/t13-,14+/m0/s1. The first-order valence-electron chi connectivity index (χ1n) is 12.6. The Morgan fingerprint density at radius 3 is 2.55 bits per heavy atom. The summed E-state index contributed by atoms with van der Waals surface area (Å²) in [7, 11) is 0. The lowest BCUT2D eigenvalue weighted by Gasteiger charge is -2.22. The van der Waals surface area contributed by atoms with Gasteiger partial charge in [-0.15, -0.1) is 11.3 Å². The number of hydrogen-bond acceptors (Lipinski definition) is 9. The molecule has 0 unspecified atom stereocenters. The van der Waals surface area contributed by atoms with Crippen molar-refractivity contribution in [1.29, 1.82) is 0 Å². The van der Waals surface area contributed by atoms with Gasteiger partial charge in [-0.2, -0.15) is 0 Å². The second-order valence-electron chi connectivity index (χ2n) is 9.24. The van der Waals surface area contributed by atoms with Crippen LogP contribution in [0.3, 0.4) is 0 Å². The van der Waals surface area contributed by atoms with Crippen molar-refractivity contribution in [2.45, 2.75) is 39.4 Å². The molecule has 0 aliphatic rings. The second-order valence-corrected chi connectivity index (χ2v) is 10.7. The van der Waals surface area contributed by atoms with E-state index in [0.717, 1.165) is 0 Å². The molecule has 1 amide bonds. The molecule has 0 aliphatic carbocycles. The Labute approximate surface area is 246 Å². The van der Waals surface area contributed by atoms with Gasteiger partial charge in [0.15, 0.2) is 11.6 Å². The topological polar surface area (TPSA) is 108 Å². The highest BCUT2D eigenvalue weighted by Gasteiger charge is 2.22. The van der Waals surface area contributed by atoms with Crippen molar-refractivity contribution in [3.63, 3.8) is 0 Å². The number of pyridine rings is 1. The molecule has 2 atom stereocenters. The molecule has 0 spiro atoms. The number of aryl methyl sites for hydroxylation is 1. The SMILES string of the molecule is Cc1ncc(NC(=O)O[C@H](C)[C@H](C)Oc2cc3sc(-c4cc(Cl)cc5cc(OCC(F)F)cnc45)nc3cc2F)cn1. The number of rotatable bonds is 9. The number of nitrogens with one attached hydrogen (secondary N) is 1. The molecule has 42 heavy (non-hydrogen) atoms. The number of anilines is 1. The average Bonchev–Trinajstić information content (AvgIpc) is 3.35. The van der Waals surface area contributed by atoms with E-state index < -0.39 is 37.2 Å². The van der Waals surface area contributed by atoms with E-state index in [1.54, 1.807) is 39.0 Å². The summed E-state index contributed by atoms with van der Waals surface area (Å²) in [6.07, 6.45) is -0.539. The molecule has 9 nitrogen and oxygen atoms in total. The molecule has 3 aromatic heterocycles. The van der Waals surface area contributed by atoms with Gasteiger partial charge in [-0.25, -0.2) is 32.9 Å². The van der Waals surface area contributed by atoms with Crippen LogP contribution in [-0.2, 0) is 4.74 Å². The summed E-state index contributed by atoms with van der Waals surface area (Å²) in [5.74, 6) is 0.0539. The fourth-order valence-electron chi connectivity index (χ4n) is 3.89. The summed E-state index contributed by atoms with van der Waals surface area (Å²) >= 11 is 7.61. The molecule has 0 fully saturated rings. The maximum Gasteiger partial charge on any atom is 0.412 e. The summed E-state index contributed by atoms with van der Waals surface area (Å²) < 4.78 is 57.0. The van der Waals surface area contributed by atoms with Gasteiger partial charge < -0.3 is 14.2 Å². The van der Waals surface area contributed by atoms with Crippen LogP contribution in [-0.4, -0.2) is 51.3 Å². The van der Waals surface area contributed by atoms with Crippen LogP contribution >= 0.6 is 22.9 Å². The number of nitrogens with zero attached hydrogens (tertiary/aromatic N) is 4. The monoisotopic (exact) mass is 617 g/mol. The molecule has 3 heterocycles. The van der Waals surface area contributed by atoms with Crippen LogP contribution in [0.1, 0.15) is 19.7 Å². The zero-order valence-electron chi connectivity index (χ0n) is 22.4. The van der Waals surface area contributed by atoms with Gasteiger partial charge in [-0.3, -0.25) is 10.3 Å². The van der Waals surface area contributed by atoms with E-state index >= 15 is 4.39 Å². The molecule has 5 rings (SSSR count). The quantitative estimate of drug-likeness (QED) is 0.182. The second kappa shape index (κ2) is 12.3. The minimum atomic E-state index is -2.62. The van der Waals surface area contributed by atoms with Crippen molar-refractivity contribution in [2.24, 2.45) is 0 Å². The van der Waals surface area contributed by atoms with Gasteiger partial charge in [0, 0.05) is 28.1 Å². The van der Waals surface area contributed by atoms with Crippen molar-refractivity contribution in [1.82, 2.24) is 19.9 Å². The number of fused-ring (bicyclic) bond motifs is 2. The number of hydrogen-bond donors (Lipinski definition) is 1. The Bertz CT molecular complexity index is 1760. The highest BCUT2D eigenvalue weighted by molar-refractivity contribution is 7.21. The van der Waals surface area contributed by atoms with Crippen LogP contribution in [0.25, 0.3) is 31.7 Å². The van der Waals surface area contributed by atoms with Crippen LogP contribution in [0, 0.1) is 12.7 Å². The van der Waals surface area contributed by atoms with Crippen LogP contribution in [0.5, 0.6) is 11.5 Å². The molecule has 1 N–H and O–H groups in total. The van der Waals surface area contributed by atoms with E-state index in [2.05, 4.69) is 25.3 Å². The summed E-state index contributed by atoms with van der Waals surface area (Å²) in [6.45, 7) is 4.24. The maximum atomic E-state index is 15.0. The average molecular weight is 618 g/mol. The predicted octanol–water partition coefficient (Wildman–Crippen LogP) is 7.45. The first kappa shape index (κ1) is 29.3. The van der Waals surface area contributed by atoms with E-state index in [9.17, 15) is 13.6 Å². The number of carbonyl (C=O) groups excluding carboxylic acids is 1. The summed E-state index contributed by atoms with van der Waals surface area (Å²) in [5.41, 5.74) is 1.87. The van der Waals surface area contributed by atoms with Gasteiger partial charge in [0.2, 0.25) is 0 Å². The molecule has 0 saturated carbocycles. The highest BCUT2D eigenvalue weighted by atomic mass is 35.5. The molecular formula is C28H23ClF3N5O4S. The third-order valence-corrected chi connectivity index (χ3v) is 7.34. The Morgan fingerprint density at radius 1 is 1.05 bits per heavy atom. The molecule has 0 bridgehead atoms. The first-order valence-corrected chi connectivity index (χ1v) is 13.8. The van der Waals surface area contributed by atoms with Crippen molar-refractivity contribution in [2.75, 3.05) is 11.9 Å². The number of thiazole rings is 1. The van der Waals surface area contributed by atoms with E-state index in [1.807, 2.05) is 0 Å². The van der Waals surface area contributed by atoms with Crippen LogP contribution in [0.15, 0.2) is 48.9 Å². The van der Waals surface area contributed by atoms with Crippen molar-refractivity contribution in [3.05, 3.63) is 65.6 Å². The van der Waals surface area contributed by atoms with Gasteiger partial charge in [-0.05, 0) is 39.0 Å². The van der Waals surface area contributed by atoms with Crippen molar-refractivity contribution in [3.8, 4) is 22.1 Å². The van der Waals surface area contributed by atoms with E-state index in [-0.39, 0.29) is 11.5 Å². The normalized spacial score (nSPS) is 12.9. The zero-order valence-corrected chi connectivity index (χ0v) is 24.0. The van der Waals surface area contributed by atoms with Gasteiger partial charge in [0.05, 0.1) is 40.0 Å². The number of alkyl halides is 2. The number of carbonyl (C=O) groups is 1. The van der Waals surface area contributed by atoms with Crippen LogP contribution in [0.2, 0.25) is 5.02 Å². The lowest BCUT2D eigenvalue weighted by atomic mass is 10.1. The highest BCUT2D eigenvalue weighted by Crippen LogP contribution is 2.38. The van der Waals surface area contributed by atoms with Crippen LogP contribution < -0.4 is 14.8 Å². The Kier molecular flexibility index (Phi) is 8.59. The molecule has 218 valence electrons. The number of amides is 1. The summed E-state index contributed by atoms with van der Waals surface area (Å²) in [5, 5.41) is 3.99. The minimum absolute atomic E-state index is 0.0390. The molecular weight excluding hydrogens is 595 g/mol. The molecule has 0 aliphatic heterocycles. The molecule has 0 saturated heterocycles. The molecule has 5 aromatic rings. The van der Waals surface area contributed by atoms with Crippen molar-refractivity contribution >= 4 is 55.8 Å². The van der Waals surface area contributed by atoms with Crippen LogP contribution in [0.4, 0.5) is 23.7 Å². The molecule has 0 radical (unpaired) electrons. The maximum absolute atomic E-state index is 15.0. The van der Waals surface area contributed by atoms with Gasteiger partial charge in [-0.1, -0.05) is 11.6 Å². The minimum Gasteiger partial charge on any atom is -0.486 e. The zero-order chi connectivity index (χ0) is 30.0. The number of aromatic nitrogens is 4. The lowest BCUT2D eigenvalue weighted by Crippen LogP contribution is -2.32. The Morgan fingerprint density at radius 2 is 1.81 bits per heavy atom. The van der Waals surface area contributed by atoms with E-state index in [0.29, 0.717) is 48.2 Å². The van der Waals surface area contributed by atoms with Gasteiger partial charge in [0.25, 0.3) is 6.43 Å².